The van der Waals surface area contributed by atoms with Crippen LogP contribution in [0.3, 0.4) is 0 Å². The molecular weight excluding hydrogens is 456 g/mol. The van der Waals surface area contributed by atoms with E-state index in [1.165, 1.54) is 0 Å². The number of carbonyl (C=O) groups is 4. The second-order valence-electron chi connectivity index (χ2n) is 13.8. The summed E-state index contributed by atoms with van der Waals surface area (Å²) in [6.45, 7) is 10.5. The molecule has 5 fully saturated rings. The highest BCUT2D eigenvalue weighted by molar-refractivity contribution is 5.88. The van der Waals surface area contributed by atoms with Crippen LogP contribution in [0.5, 0.6) is 0 Å². The molecule has 0 radical (unpaired) electrons. The minimum atomic E-state index is -0.961. The van der Waals surface area contributed by atoms with Crippen LogP contribution in [0.25, 0.3) is 0 Å². The van der Waals surface area contributed by atoms with E-state index in [1.54, 1.807) is 11.8 Å². The molecule has 2 amide bonds. The van der Waals surface area contributed by atoms with Crippen molar-refractivity contribution in [3.63, 3.8) is 0 Å². The standard InChI is InChI=1S/C29H44N2O5/c1-19(16-23(33)34)24(35)30-12-14-31(15-13-30)25(36)28(4)9-5-8-27(3)20(28)7-11-29-17-22(32)26(2,18-29)10-6-21(27)29/h19-21H,5-18H2,1-4H3,(H,33,34)/t19?,20-,21-,26-,27+,28+,29-/m0/s1. The van der Waals surface area contributed by atoms with Gasteiger partial charge in [-0.05, 0) is 67.6 Å². The smallest absolute Gasteiger partial charge is 0.304 e. The third-order valence-electron chi connectivity index (χ3n) is 11.6. The second-order valence-corrected chi connectivity index (χ2v) is 13.8. The predicted molar refractivity (Wildman–Crippen MR) is 135 cm³/mol. The minimum absolute atomic E-state index is 0.0942. The van der Waals surface area contributed by atoms with E-state index < -0.39 is 17.3 Å². The van der Waals surface area contributed by atoms with Crippen molar-refractivity contribution in [2.24, 2.45) is 39.4 Å². The topological polar surface area (TPSA) is 95.0 Å². The van der Waals surface area contributed by atoms with Crippen molar-refractivity contribution in [3.8, 4) is 0 Å². The second kappa shape index (κ2) is 8.56. The summed E-state index contributed by atoms with van der Waals surface area (Å²) in [7, 11) is 0. The van der Waals surface area contributed by atoms with Crippen LogP contribution in [-0.2, 0) is 19.2 Å². The molecule has 36 heavy (non-hydrogen) atoms. The van der Waals surface area contributed by atoms with Crippen LogP contribution < -0.4 is 0 Å². The molecule has 4 saturated carbocycles. The third-order valence-corrected chi connectivity index (χ3v) is 11.6. The Morgan fingerprint density at radius 1 is 0.944 bits per heavy atom. The van der Waals surface area contributed by atoms with Crippen molar-refractivity contribution in [3.05, 3.63) is 0 Å². The molecule has 1 aliphatic heterocycles. The molecule has 1 heterocycles. The Morgan fingerprint density at radius 2 is 1.58 bits per heavy atom. The molecule has 5 rings (SSSR count). The Bertz CT molecular complexity index is 973. The number of fused-ring (bicyclic) bond motifs is 3. The summed E-state index contributed by atoms with van der Waals surface area (Å²) in [6, 6.07) is 0. The van der Waals surface area contributed by atoms with Gasteiger partial charge in [0.05, 0.1) is 6.42 Å². The zero-order chi connectivity index (χ0) is 26.1. The number of nitrogens with zero attached hydrogens (tertiary/aromatic N) is 2. The number of carboxylic acids is 1. The normalized spacial score (nSPS) is 42.9. The fraction of sp³-hybridized carbons (Fsp3) is 0.862. The number of piperazine rings is 1. The van der Waals surface area contributed by atoms with Gasteiger partial charge in [0.15, 0.2) is 0 Å². The van der Waals surface area contributed by atoms with E-state index in [-0.39, 0.29) is 34.5 Å². The van der Waals surface area contributed by atoms with Crippen molar-refractivity contribution < 1.29 is 24.3 Å². The molecule has 2 bridgehead atoms. The molecule has 1 unspecified atom stereocenters. The van der Waals surface area contributed by atoms with Gasteiger partial charge in [-0.15, -0.1) is 0 Å². The van der Waals surface area contributed by atoms with Crippen LogP contribution in [0.4, 0.5) is 0 Å². The van der Waals surface area contributed by atoms with Gasteiger partial charge >= 0.3 is 5.97 Å². The summed E-state index contributed by atoms with van der Waals surface area (Å²) >= 11 is 0. The van der Waals surface area contributed by atoms with Gasteiger partial charge in [0.1, 0.15) is 5.78 Å². The van der Waals surface area contributed by atoms with Crippen molar-refractivity contribution in [2.75, 3.05) is 26.2 Å². The number of Topliss-reactive ketones (excluding diaryl/α,β-unsaturated/α-hetero) is 1. The zero-order valence-electron chi connectivity index (χ0n) is 22.6. The Morgan fingerprint density at radius 3 is 2.25 bits per heavy atom. The van der Waals surface area contributed by atoms with Gasteiger partial charge < -0.3 is 14.9 Å². The van der Waals surface area contributed by atoms with E-state index in [0.29, 0.717) is 43.8 Å². The van der Waals surface area contributed by atoms with Crippen LogP contribution in [-0.4, -0.2) is 64.7 Å². The van der Waals surface area contributed by atoms with Crippen LogP contribution >= 0.6 is 0 Å². The lowest BCUT2D eigenvalue weighted by atomic mass is 9.40. The lowest BCUT2D eigenvalue weighted by Crippen LogP contribution is -2.62. The Balaban J connectivity index is 1.30. The van der Waals surface area contributed by atoms with Crippen LogP contribution in [0.2, 0.25) is 0 Å². The van der Waals surface area contributed by atoms with Crippen LogP contribution in [0.15, 0.2) is 0 Å². The average Bonchev–Trinajstić information content (AvgIpc) is 3.00. The summed E-state index contributed by atoms with van der Waals surface area (Å²) in [4.78, 5) is 54.5. The van der Waals surface area contributed by atoms with Crippen molar-refractivity contribution >= 4 is 23.6 Å². The molecule has 1 spiro atoms. The zero-order valence-corrected chi connectivity index (χ0v) is 22.6. The maximum Gasteiger partial charge on any atom is 0.304 e. The molecule has 0 aromatic carbocycles. The van der Waals surface area contributed by atoms with Gasteiger partial charge in [-0.25, -0.2) is 0 Å². The first-order valence-corrected chi connectivity index (χ1v) is 14.2. The van der Waals surface area contributed by atoms with E-state index in [4.69, 9.17) is 5.11 Å². The lowest BCUT2D eigenvalue weighted by Gasteiger charge is -2.64. The number of carbonyl (C=O) groups excluding carboxylic acids is 3. The number of hydrogen-bond acceptors (Lipinski definition) is 4. The van der Waals surface area contributed by atoms with Crippen LogP contribution in [0, 0.1) is 39.4 Å². The van der Waals surface area contributed by atoms with E-state index in [1.807, 2.05) is 4.90 Å². The first-order chi connectivity index (χ1) is 16.8. The number of ketones is 1. The van der Waals surface area contributed by atoms with Gasteiger partial charge in [0, 0.05) is 49.3 Å². The van der Waals surface area contributed by atoms with E-state index >= 15 is 0 Å². The molecule has 4 aliphatic carbocycles. The summed E-state index contributed by atoms with van der Waals surface area (Å²) in [5.41, 5.74) is -0.278. The van der Waals surface area contributed by atoms with Crippen LogP contribution in [0.1, 0.15) is 91.9 Å². The Hall–Kier alpha value is -1.92. The largest absolute Gasteiger partial charge is 0.481 e. The van der Waals surface area contributed by atoms with E-state index in [0.717, 1.165) is 57.8 Å². The third kappa shape index (κ3) is 3.74. The van der Waals surface area contributed by atoms with E-state index in [2.05, 4.69) is 20.8 Å². The molecule has 0 aromatic rings. The first kappa shape index (κ1) is 25.7. The van der Waals surface area contributed by atoms with Crippen molar-refractivity contribution in [2.45, 2.75) is 91.9 Å². The molecule has 1 saturated heterocycles. The summed E-state index contributed by atoms with van der Waals surface area (Å²) in [5.74, 6) is -0.0607. The van der Waals surface area contributed by atoms with E-state index in [9.17, 15) is 19.2 Å². The predicted octanol–water partition coefficient (Wildman–Crippen LogP) is 4.14. The molecular formula is C29H44N2O5. The number of rotatable bonds is 4. The monoisotopic (exact) mass is 500 g/mol. The number of carboxylic acid groups (broad SMARTS) is 1. The fourth-order valence-electron chi connectivity index (χ4n) is 9.91. The summed E-state index contributed by atoms with van der Waals surface area (Å²) in [6.07, 6.45) is 8.98. The average molecular weight is 501 g/mol. The molecule has 5 aliphatic rings. The first-order valence-electron chi connectivity index (χ1n) is 14.2. The minimum Gasteiger partial charge on any atom is -0.481 e. The molecule has 0 aromatic heterocycles. The molecule has 1 N–H and O–H groups in total. The number of amides is 2. The fourth-order valence-corrected chi connectivity index (χ4v) is 9.91. The lowest BCUT2D eigenvalue weighted by molar-refractivity contribution is -0.179. The molecule has 200 valence electrons. The number of hydrogen-bond donors (Lipinski definition) is 1. The highest BCUT2D eigenvalue weighted by Crippen LogP contribution is 2.73. The van der Waals surface area contributed by atoms with Gasteiger partial charge in [0.2, 0.25) is 11.8 Å². The summed E-state index contributed by atoms with van der Waals surface area (Å²) in [5, 5.41) is 9.03. The van der Waals surface area contributed by atoms with Gasteiger partial charge in [-0.2, -0.15) is 0 Å². The molecule has 7 nitrogen and oxygen atoms in total. The highest BCUT2D eigenvalue weighted by atomic mass is 16.4. The number of aliphatic carboxylic acids is 1. The maximum atomic E-state index is 14.1. The molecule has 7 atom stereocenters. The Kier molecular flexibility index (Phi) is 6.11. The highest BCUT2D eigenvalue weighted by Gasteiger charge is 2.68. The SMILES string of the molecule is CC(CC(=O)O)C(=O)N1CCN(C(=O)[C@]2(C)CCC[C@@]3(C)[C@@H]4CC[C@@]5(C)C[C@]4(CC[C@@H]32)CC5=O)CC1. The van der Waals surface area contributed by atoms with Gasteiger partial charge in [-0.3, -0.25) is 19.2 Å². The van der Waals surface area contributed by atoms with Gasteiger partial charge in [-0.1, -0.05) is 34.1 Å². The summed E-state index contributed by atoms with van der Waals surface area (Å²) < 4.78 is 0. The Labute approximate surface area is 215 Å². The maximum absolute atomic E-state index is 14.1. The van der Waals surface area contributed by atoms with Crippen molar-refractivity contribution in [1.82, 2.24) is 9.80 Å². The van der Waals surface area contributed by atoms with Crippen molar-refractivity contribution in [1.29, 1.82) is 0 Å². The van der Waals surface area contributed by atoms with Gasteiger partial charge in [0.25, 0.3) is 0 Å². The molecule has 7 heteroatoms. The quantitative estimate of drug-likeness (QED) is 0.626.